The molecule has 0 radical (unpaired) electrons. The molecule has 6 aliphatic rings. The first-order valence-corrected chi connectivity index (χ1v) is 9.08. The molecule has 11 heteroatoms. The van der Waals surface area contributed by atoms with Gasteiger partial charge in [0.25, 0.3) is 0 Å². The van der Waals surface area contributed by atoms with E-state index >= 15 is 4.39 Å². The van der Waals surface area contributed by atoms with Gasteiger partial charge in [-0.1, -0.05) is 6.92 Å². The Morgan fingerprint density at radius 3 is 2.36 bits per heavy atom. The number of carbonyl (C=O) groups excluding carboxylic acids is 3. The number of aliphatic hydroxyl groups is 3. The van der Waals surface area contributed by atoms with Crippen LogP contribution >= 0.6 is 0 Å². The van der Waals surface area contributed by atoms with Crippen molar-refractivity contribution in [3.8, 4) is 0 Å². The molecule has 4 aliphatic heterocycles. The second kappa shape index (κ2) is 4.20. The molecule has 152 valence electrons. The fourth-order valence-corrected chi connectivity index (χ4v) is 7.35. The second-order valence-corrected chi connectivity index (χ2v) is 8.68. The number of halogens is 1. The lowest BCUT2D eigenvalue weighted by Crippen LogP contribution is -2.66. The number of hydrogen-bond acceptors (Lipinski definition) is 10. The van der Waals surface area contributed by atoms with E-state index in [1.807, 2.05) is 0 Å². The van der Waals surface area contributed by atoms with Crippen LogP contribution in [0.15, 0.2) is 0 Å². The summed E-state index contributed by atoms with van der Waals surface area (Å²) in [6.45, 7) is 2.69. The van der Waals surface area contributed by atoms with Gasteiger partial charge in [-0.15, -0.1) is 0 Å². The molecule has 4 unspecified atom stereocenters. The summed E-state index contributed by atoms with van der Waals surface area (Å²) in [5.74, 6) is -5.61. The van der Waals surface area contributed by atoms with Gasteiger partial charge in [0.2, 0.25) is 11.9 Å². The minimum atomic E-state index is -2.44. The van der Waals surface area contributed by atoms with Crippen molar-refractivity contribution >= 4 is 17.9 Å². The highest BCUT2D eigenvalue weighted by Crippen LogP contribution is 2.83. The van der Waals surface area contributed by atoms with Gasteiger partial charge >= 0.3 is 17.9 Å². The minimum Gasteiger partial charge on any atom is -0.456 e. The third-order valence-electron chi connectivity index (χ3n) is 8.37. The monoisotopic (exact) mass is 399 g/mol. The van der Waals surface area contributed by atoms with Crippen LogP contribution in [0.1, 0.15) is 13.8 Å². The SMILES string of the molecule is C[C@@H]1[C@H]([18F])C2OC(=O)[C@]34OC5OC(=O)[C@H](O)C51C23[C@@H](O)[C@@H]1OC(=O)[C@@H](C)[C@@]14O. The van der Waals surface area contributed by atoms with Crippen LogP contribution in [0.4, 0.5) is 4.39 Å². The molecule has 0 aromatic rings. The Kier molecular flexibility index (Phi) is 2.56. The predicted octanol–water partition coefficient (Wildman–Crippen LogP) is -2.45. The summed E-state index contributed by atoms with van der Waals surface area (Å²) in [6.07, 6.45) is -10.5. The van der Waals surface area contributed by atoms with Crippen molar-refractivity contribution < 1.29 is 53.0 Å². The molecule has 4 heterocycles. The first-order valence-electron chi connectivity index (χ1n) is 9.08. The Hall–Kier alpha value is -1.82. The molecule has 28 heavy (non-hydrogen) atoms. The topological polar surface area (TPSA) is 149 Å². The Morgan fingerprint density at radius 1 is 1.00 bits per heavy atom. The molecule has 0 aromatic carbocycles. The molecule has 0 bridgehead atoms. The summed E-state index contributed by atoms with van der Waals surface area (Å²) in [6, 6.07) is 0. The molecule has 12 atom stereocenters. The highest BCUT2D eigenvalue weighted by molar-refractivity contribution is 5.94. The van der Waals surface area contributed by atoms with Gasteiger partial charge in [0.05, 0.1) is 16.7 Å². The van der Waals surface area contributed by atoms with Crippen LogP contribution in [0.2, 0.25) is 0 Å². The summed E-state index contributed by atoms with van der Waals surface area (Å²) in [4.78, 5) is 37.5. The number of esters is 3. The average molecular weight is 399 g/mol. The van der Waals surface area contributed by atoms with Gasteiger partial charge in [0.15, 0.2) is 17.8 Å². The number of fused-ring (bicyclic) bond motifs is 1. The first kappa shape index (κ1) is 17.1. The summed E-state index contributed by atoms with van der Waals surface area (Å²) < 4.78 is 36.8. The van der Waals surface area contributed by atoms with Crippen LogP contribution in [0.25, 0.3) is 0 Å². The van der Waals surface area contributed by atoms with Crippen molar-refractivity contribution in [3.63, 3.8) is 0 Å². The van der Waals surface area contributed by atoms with Crippen LogP contribution in [0.5, 0.6) is 0 Å². The third kappa shape index (κ3) is 1.07. The van der Waals surface area contributed by atoms with Crippen LogP contribution in [-0.4, -0.2) is 81.3 Å². The van der Waals surface area contributed by atoms with Crippen molar-refractivity contribution in [1.29, 1.82) is 0 Å². The van der Waals surface area contributed by atoms with Crippen LogP contribution in [0, 0.1) is 22.7 Å². The molecule has 2 saturated carbocycles. The van der Waals surface area contributed by atoms with E-state index in [9.17, 15) is 29.7 Å². The van der Waals surface area contributed by atoms with E-state index in [0.717, 1.165) is 0 Å². The van der Waals surface area contributed by atoms with Crippen LogP contribution < -0.4 is 0 Å². The van der Waals surface area contributed by atoms with Crippen LogP contribution in [-0.2, 0) is 33.3 Å². The summed E-state index contributed by atoms with van der Waals surface area (Å²) >= 11 is 0. The van der Waals surface area contributed by atoms with Crippen molar-refractivity contribution in [3.05, 3.63) is 0 Å². The van der Waals surface area contributed by atoms with E-state index in [1.54, 1.807) is 0 Å². The van der Waals surface area contributed by atoms with Gasteiger partial charge in [-0.05, 0) is 6.92 Å². The average Bonchev–Trinajstić information content (AvgIpc) is 3.33. The van der Waals surface area contributed by atoms with Crippen molar-refractivity contribution in [2.45, 2.75) is 61.9 Å². The first-order chi connectivity index (χ1) is 13.1. The van der Waals surface area contributed by atoms with Gasteiger partial charge in [-0.3, -0.25) is 4.79 Å². The van der Waals surface area contributed by atoms with Crippen molar-refractivity contribution in [1.82, 2.24) is 0 Å². The molecule has 3 N–H and O–H groups in total. The lowest BCUT2D eigenvalue weighted by Gasteiger charge is -2.43. The summed E-state index contributed by atoms with van der Waals surface area (Å²) in [7, 11) is 0. The smallest absolute Gasteiger partial charge is 0.343 e. The van der Waals surface area contributed by atoms with E-state index in [0.29, 0.717) is 0 Å². The fraction of sp³-hybridized carbons (Fsp3) is 0.824. The number of aliphatic hydroxyl groups excluding tert-OH is 2. The molecule has 0 aromatic heterocycles. The zero-order chi connectivity index (χ0) is 20.2. The quantitative estimate of drug-likeness (QED) is 0.296. The lowest BCUT2D eigenvalue weighted by molar-refractivity contribution is -0.238. The number of ether oxygens (including phenoxy) is 4. The van der Waals surface area contributed by atoms with Crippen molar-refractivity contribution in [2.24, 2.45) is 22.7 Å². The standard InChI is InChI=1S/C17H17FO10/c1-3-5(18)8-15-6(19)9-16(24,4(2)10(21)25-9)17(15,12(23)26-8)28-13-14(3,15)7(20)11(22)27-13/h3-9,13,19-20,24H,1-2H3/t3-,4-,5+,6+,7+,8?,9+,13?,14?,15?,16-,17+/m1/s1/i18-1. The Bertz CT molecular complexity index is 878. The van der Waals surface area contributed by atoms with Gasteiger partial charge in [0, 0.05) is 5.92 Å². The number of hydrogen-bond donors (Lipinski definition) is 3. The highest BCUT2D eigenvalue weighted by atomic mass is 18.2. The molecule has 10 nitrogen and oxygen atoms in total. The van der Waals surface area contributed by atoms with E-state index in [-0.39, 0.29) is 0 Å². The van der Waals surface area contributed by atoms with Crippen LogP contribution in [0.3, 0.4) is 0 Å². The van der Waals surface area contributed by atoms with E-state index in [2.05, 4.69) is 0 Å². The molecule has 2 spiro atoms. The Labute approximate surface area is 156 Å². The van der Waals surface area contributed by atoms with Gasteiger partial charge < -0.3 is 34.3 Å². The van der Waals surface area contributed by atoms with Gasteiger partial charge in [0.1, 0.15) is 18.4 Å². The molecule has 4 saturated heterocycles. The van der Waals surface area contributed by atoms with Gasteiger partial charge in [-0.2, -0.15) is 0 Å². The molecular weight excluding hydrogens is 382 g/mol. The normalized spacial score (nSPS) is 65.6. The lowest BCUT2D eigenvalue weighted by atomic mass is 9.54. The largest absolute Gasteiger partial charge is 0.456 e. The number of carbonyl (C=O) groups is 3. The van der Waals surface area contributed by atoms with Gasteiger partial charge in [-0.25, -0.2) is 14.0 Å². The maximum Gasteiger partial charge on any atom is 0.343 e. The maximum absolute atomic E-state index is 15.4. The minimum absolute atomic E-state index is 0.873. The maximum atomic E-state index is 15.4. The zero-order valence-corrected chi connectivity index (χ0v) is 14.7. The Balaban J connectivity index is 1.74. The zero-order valence-electron chi connectivity index (χ0n) is 14.7. The van der Waals surface area contributed by atoms with E-state index < -0.39 is 88.7 Å². The molecule has 6 fully saturated rings. The molecule has 2 aliphatic carbocycles. The molecule has 6 rings (SSSR count). The third-order valence-corrected chi connectivity index (χ3v) is 8.37. The number of rotatable bonds is 0. The molecule has 0 amide bonds. The van der Waals surface area contributed by atoms with E-state index in [1.165, 1.54) is 13.8 Å². The second-order valence-electron chi connectivity index (χ2n) is 8.68. The number of alkyl halides is 1. The fourth-order valence-electron chi connectivity index (χ4n) is 7.35. The Morgan fingerprint density at radius 2 is 1.68 bits per heavy atom. The highest BCUT2D eigenvalue weighted by Gasteiger charge is 3.04. The summed E-state index contributed by atoms with van der Waals surface area (Å²) in [5.41, 5.74) is -8.84. The van der Waals surface area contributed by atoms with Crippen molar-refractivity contribution in [2.75, 3.05) is 0 Å². The molecular formula is C17H17FO10. The summed E-state index contributed by atoms with van der Waals surface area (Å²) in [5, 5.41) is 33.7. The predicted molar refractivity (Wildman–Crippen MR) is 78.5 cm³/mol. The van der Waals surface area contributed by atoms with E-state index in [4.69, 9.17) is 18.9 Å².